The second-order valence-electron chi connectivity index (χ2n) is 4.47. The van der Waals surface area contributed by atoms with Crippen LogP contribution in [-0.2, 0) is 11.3 Å². The van der Waals surface area contributed by atoms with Gasteiger partial charge in [-0.3, -0.25) is 9.48 Å². The number of nitrogens with two attached hydrogens (primary N) is 1. The minimum absolute atomic E-state index is 0.247. The molecule has 0 saturated carbocycles. The molecule has 0 aromatic carbocycles. The highest BCUT2D eigenvalue weighted by Crippen LogP contribution is 2.12. The van der Waals surface area contributed by atoms with Gasteiger partial charge in [-0.1, -0.05) is 0 Å². The third-order valence-electron chi connectivity index (χ3n) is 2.78. The lowest BCUT2D eigenvalue weighted by Crippen LogP contribution is -2.15. The molecule has 0 unspecified atom stereocenters. The number of hydrazine groups is 1. The number of carbonyl (C=O) groups is 1. The maximum atomic E-state index is 12.2. The first-order valence-electron chi connectivity index (χ1n) is 6.40. The van der Waals surface area contributed by atoms with E-state index in [9.17, 15) is 4.79 Å². The number of methoxy groups -OCH3 is 1. The molecular weight excluding hydrogens is 272 g/mol. The van der Waals surface area contributed by atoms with Crippen LogP contribution in [0.2, 0.25) is 0 Å². The zero-order valence-electron chi connectivity index (χ0n) is 12.0. The van der Waals surface area contributed by atoms with Crippen molar-refractivity contribution in [1.82, 2.24) is 14.8 Å². The third kappa shape index (κ3) is 4.01. The molecule has 21 heavy (non-hydrogen) atoms. The van der Waals surface area contributed by atoms with Gasteiger partial charge >= 0.3 is 0 Å². The Morgan fingerprint density at radius 2 is 2.29 bits per heavy atom. The quantitative estimate of drug-likeness (QED) is 0.536. The molecule has 2 aromatic heterocycles. The number of aromatic nitrogens is 3. The molecule has 0 aliphatic rings. The van der Waals surface area contributed by atoms with E-state index < -0.39 is 0 Å². The van der Waals surface area contributed by atoms with E-state index in [4.69, 9.17) is 10.6 Å². The largest absolute Gasteiger partial charge is 0.383 e. The summed E-state index contributed by atoms with van der Waals surface area (Å²) in [5.74, 6) is 5.51. The van der Waals surface area contributed by atoms with Crippen LogP contribution in [0.3, 0.4) is 0 Å². The summed E-state index contributed by atoms with van der Waals surface area (Å²) < 4.78 is 6.67. The molecule has 0 radical (unpaired) electrons. The van der Waals surface area contributed by atoms with Gasteiger partial charge in [0, 0.05) is 24.6 Å². The molecule has 0 aliphatic carbocycles. The second kappa shape index (κ2) is 6.82. The fraction of sp³-hybridized carbons (Fsp3) is 0.308. The lowest BCUT2D eigenvalue weighted by molar-refractivity contribution is 0.102. The van der Waals surface area contributed by atoms with Crippen molar-refractivity contribution < 1.29 is 9.53 Å². The molecule has 0 spiro atoms. The van der Waals surface area contributed by atoms with Gasteiger partial charge in [0.1, 0.15) is 5.82 Å². The summed E-state index contributed by atoms with van der Waals surface area (Å²) in [6.45, 7) is 2.98. The number of carbonyl (C=O) groups excluding carboxylic acids is 1. The number of nitrogens with one attached hydrogen (secondary N) is 2. The fourth-order valence-corrected chi connectivity index (χ4v) is 1.81. The molecule has 0 atom stereocenters. The summed E-state index contributed by atoms with van der Waals surface area (Å²) in [5.41, 5.74) is 4.22. The van der Waals surface area contributed by atoms with Crippen molar-refractivity contribution in [1.29, 1.82) is 0 Å². The van der Waals surface area contributed by atoms with Gasteiger partial charge in [-0.25, -0.2) is 10.8 Å². The Hall–Kier alpha value is -2.45. The summed E-state index contributed by atoms with van der Waals surface area (Å²) in [5, 5.41) is 6.90. The van der Waals surface area contributed by atoms with Gasteiger partial charge in [0.2, 0.25) is 0 Å². The topological polar surface area (TPSA) is 107 Å². The number of anilines is 2. The minimum atomic E-state index is -0.247. The van der Waals surface area contributed by atoms with Crippen LogP contribution in [0.1, 0.15) is 16.1 Å². The second-order valence-corrected chi connectivity index (χ2v) is 4.47. The summed E-state index contributed by atoms with van der Waals surface area (Å²) in [7, 11) is 1.63. The van der Waals surface area contributed by atoms with Crippen molar-refractivity contribution in [3.8, 4) is 0 Å². The number of nitrogen functional groups attached to an aromatic ring is 1. The van der Waals surface area contributed by atoms with Crippen LogP contribution in [0, 0.1) is 6.92 Å². The number of hydrogen-bond acceptors (Lipinski definition) is 6. The standard InChI is InChI=1S/C13H18N6O2/c1-9-5-10(6-12(16-9)18-14)13(20)17-11-7-15-19(8-11)3-4-21-2/h5-8H,3-4,14H2,1-2H3,(H,16,18)(H,17,20). The van der Waals surface area contributed by atoms with Crippen LogP contribution in [0.15, 0.2) is 24.5 Å². The maximum Gasteiger partial charge on any atom is 0.255 e. The van der Waals surface area contributed by atoms with Crippen LogP contribution >= 0.6 is 0 Å². The average Bonchev–Trinajstić information content (AvgIpc) is 2.91. The van der Waals surface area contributed by atoms with Crippen molar-refractivity contribution in [2.45, 2.75) is 13.5 Å². The lowest BCUT2D eigenvalue weighted by Gasteiger charge is -2.06. The fourth-order valence-electron chi connectivity index (χ4n) is 1.81. The Kier molecular flexibility index (Phi) is 4.85. The van der Waals surface area contributed by atoms with E-state index in [0.29, 0.717) is 35.9 Å². The Morgan fingerprint density at radius 1 is 1.48 bits per heavy atom. The number of rotatable bonds is 6. The van der Waals surface area contributed by atoms with E-state index in [0.717, 1.165) is 0 Å². The number of nitrogens with zero attached hydrogens (tertiary/aromatic N) is 3. The monoisotopic (exact) mass is 290 g/mol. The molecule has 4 N–H and O–H groups in total. The molecule has 112 valence electrons. The molecule has 8 nitrogen and oxygen atoms in total. The molecule has 2 rings (SSSR count). The minimum Gasteiger partial charge on any atom is -0.383 e. The van der Waals surface area contributed by atoms with E-state index in [1.807, 2.05) is 0 Å². The highest BCUT2D eigenvalue weighted by molar-refractivity contribution is 6.04. The highest BCUT2D eigenvalue weighted by atomic mass is 16.5. The molecule has 1 amide bonds. The van der Waals surface area contributed by atoms with Crippen LogP contribution in [0.25, 0.3) is 0 Å². The van der Waals surface area contributed by atoms with Crippen LogP contribution in [0.5, 0.6) is 0 Å². The van der Waals surface area contributed by atoms with Gasteiger partial charge in [0.25, 0.3) is 5.91 Å². The molecule has 0 aliphatic heterocycles. The Labute approximate surface area is 122 Å². The number of hydrogen-bond donors (Lipinski definition) is 3. The van der Waals surface area contributed by atoms with Crippen LogP contribution in [0.4, 0.5) is 11.5 Å². The van der Waals surface area contributed by atoms with E-state index in [2.05, 4.69) is 20.8 Å². The van der Waals surface area contributed by atoms with Crippen molar-refractivity contribution in [3.63, 3.8) is 0 Å². The van der Waals surface area contributed by atoms with E-state index >= 15 is 0 Å². The smallest absolute Gasteiger partial charge is 0.255 e. The molecule has 8 heteroatoms. The average molecular weight is 290 g/mol. The predicted molar refractivity (Wildman–Crippen MR) is 78.8 cm³/mol. The molecule has 0 fully saturated rings. The summed E-state index contributed by atoms with van der Waals surface area (Å²) in [6, 6.07) is 3.27. The highest BCUT2D eigenvalue weighted by Gasteiger charge is 2.10. The zero-order chi connectivity index (χ0) is 15.2. The van der Waals surface area contributed by atoms with Crippen LogP contribution < -0.4 is 16.6 Å². The number of ether oxygens (including phenoxy) is 1. The summed E-state index contributed by atoms with van der Waals surface area (Å²) in [4.78, 5) is 16.3. The van der Waals surface area contributed by atoms with Gasteiger partial charge in [0.05, 0.1) is 25.0 Å². The van der Waals surface area contributed by atoms with Crippen molar-refractivity contribution >= 4 is 17.4 Å². The molecule has 2 heterocycles. The Morgan fingerprint density at radius 3 is 3.00 bits per heavy atom. The van der Waals surface area contributed by atoms with Gasteiger partial charge in [-0.05, 0) is 19.1 Å². The maximum absolute atomic E-state index is 12.2. The normalized spacial score (nSPS) is 10.4. The van der Waals surface area contributed by atoms with Gasteiger partial charge in [-0.15, -0.1) is 0 Å². The van der Waals surface area contributed by atoms with Gasteiger partial charge < -0.3 is 15.5 Å². The molecule has 0 saturated heterocycles. The molecule has 2 aromatic rings. The van der Waals surface area contributed by atoms with Crippen molar-refractivity contribution in [2.75, 3.05) is 24.5 Å². The van der Waals surface area contributed by atoms with Gasteiger partial charge in [-0.2, -0.15) is 5.10 Å². The SMILES string of the molecule is COCCn1cc(NC(=O)c2cc(C)nc(NN)c2)cn1. The first-order valence-corrected chi connectivity index (χ1v) is 6.40. The number of pyridine rings is 1. The van der Waals surface area contributed by atoms with E-state index in [1.165, 1.54) is 0 Å². The third-order valence-corrected chi connectivity index (χ3v) is 2.78. The summed E-state index contributed by atoms with van der Waals surface area (Å²) in [6.07, 6.45) is 3.33. The Balaban J connectivity index is 2.07. The number of amides is 1. The van der Waals surface area contributed by atoms with Gasteiger partial charge in [0.15, 0.2) is 0 Å². The summed E-state index contributed by atoms with van der Waals surface area (Å²) >= 11 is 0. The first-order chi connectivity index (χ1) is 10.1. The first kappa shape index (κ1) is 14.9. The van der Waals surface area contributed by atoms with E-state index in [1.54, 1.807) is 43.2 Å². The lowest BCUT2D eigenvalue weighted by atomic mass is 10.2. The molecular formula is C13H18N6O2. The zero-order valence-corrected chi connectivity index (χ0v) is 12.0. The molecule has 0 bridgehead atoms. The van der Waals surface area contributed by atoms with E-state index in [-0.39, 0.29) is 5.91 Å². The predicted octanol–water partition coefficient (Wildman–Crippen LogP) is 0.771. The van der Waals surface area contributed by atoms with Crippen molar-refractivity contribution in [3.05, 3.63) is 35.8 Å². The van der Waals surface area contributed by atoms with Crippen molar-refractivity contribution in [2.24, 2.45) is 5.84 Å². The van der Waals surface area contributed by atoms with Crippen LogP contribution in [-0.4, -0.2) is 34.4 Å². The number of aryl methyl sites for hydroxylation is 1. The Bertz CT molecular complexity index is 625.